The van der Waals surface area contributed by atoms with Crippen LogP contribution in [0.4, 0.5) is 5.13 Å². The van der Waals surface area contributed by atoms with Crippen LogP contribution in [0, 0.1) is 13.8 Å². The van der Waals surface area contributed by atoms with Gasteiger partial charge in [-0.3, -0.25) is 4.79 Å². The molecule has 8 heteroatoms. The Morgan fingerprint density at radius 2 is 1.88 bits per heavy atom. The summed E-state index contributed by atoms with van der Waals surface area (Å²) in [7, 11) is 0. The molecule has 3 heterocycles. The van der Waals surface area contributed by atoms with E-state index in [1.54, 1.807) is 23.5 Å². The fourth-order valence-electron chi connectivity index (χ4n) is 4.11. The summed E-state index contributed by atoms with van der Waals surface area (Å²) in [5.41, 5.74) is 4.73. The van der Waals surface area contributed by atoms with Crippen LogP contribution < -0.4 is 4.90 Å². The van der Waals surface area contributed by atoms with Gasteiger partial charge in [-0.05, 0) is 56.2 Å². The van der Waals surface area contributed by atoms with Crippen molar-refractivity contribution in [2.24, 2.45) is 0 Å². The van der Waals surface area contributed by atoms with Gasteiger partial charge in [0.05, 0.1) is 16.1 Å². The highest BCUT2D eigenvalue weighted by molar-refractivity contribution is 7.22. The fraction of sp³-hybridized carbons (Fsp3) is 0.292. The molecule has 0 N–H and O–H groups in total. The number of halogens is 1. The molecule has 0 unspecified atom stereocenters. The zero-order valence-corrected chi connectivity index (χ0v) is 19.7. The number of hydrogen-bond donors (Lipinski definition) is 0. The number of hydrogen-bond acceptors (Lipinski definition) is 5. The van der Waals surface area contributed by atoms with Gasteiger partial charge in [0.1, 0.15) is 0 Å². The minimum absolute atomic E-state index is 0.0320. The summed E-state index contributed by atoms with van der Waals surface area (Å²) < 4.78 is 3.04. The average Bonchev–Trinajstić information content (AvgIpc) is 3.24. The van der Waals surface area contributed by atoms with Crippen molar-refractivity contribution in [3.8, 4) is 5.69 Å². The van der Waals surface area contributed by atoms with Crippen LogP contribution in [0.2, 0.25) is 5.02 Å². The number of aromatic nitrogens is 3. The molecule has 0 saturated carbocycles. The zero-order chi connectivity index (χ0) is 22.2. The van der Waals surface area contributed by atoms with E-state index < -0.39 is 0 Å². The smallest absolute Gasteiger partial charge is 0.253 e. The van der Waals surface area contributed by atoms with Crippen LogP contribution in [-0.4, -0.2) is 51.8 Å². The van der Waals surface area contributed by atoms with Crippen LogP contribution in [0.5, 0.6) is 0 Å². The van der Waals surface area contributed by atoms with Crippen molar-refractivity contribution in [3.05, 3.63) is 70.4 Å². The number of benzene rings is 2. The van der Waals surface area contributed by atoms with Crippen molar-refractivity contribution in [1.29, 1.82) is 0 Å². The molecule has 0 atom stereocenters. The first-order valence-electron chi connectivity index (χ1n) is 10.7. The minimum Gasteiger partial charge on any atom is -0.346 e. The molecule has 164 valence electrons. The highest BCUT2D eigenvalue weighted by atomic mass is 35.5. The van der Waals surface area contributed by atoms with Gasteiger partial charge in [-0.1, -0.05) is 41.1 Å². The van der Waals surface area contributed by atoms with E-state index in [2.05, 4.69) is 30.0 Å². The summed E-state index contributed by atoms with van der Waals surface area (Å²) in [4.78, 5) is 22.1. The molecule has 1 aliphatic heterocycles. The Bertz CT molecular complexity index is 1300. The lowest BCUT2D eigenvalue weighted by atomic mass is 10.2. The van der Waals surface area contributed by atoms with Crippen LogP contribution >= 0.6 is 22.9 Å². The Morgan fingerprint density at radius 1 is 1.03 bits per heavy atom. The lowest BCUT2D eigenvalue weighted by Crippen LogP contribution is -2.35. The third-order valence-corrected chi connectivity index (χ3v) is 7.20. The minimum atomic E-state index is 0.0320. The zero-order valence-electron chi connectivity index (χ0n) is 18.1. The van der Waals surface area contributed by atoms with Gasteiger partial charge in [0, 0.05) is 36.8 Å². The number of thiazole rings is 1. The number of amides is 1. The summed E-state index contributed by atoms with van der Waals surface area (Å²) in [6.07, 6.45) is 0.894. The van der Waals surface area contributed by atoms with Crippen molar-refractivity contribution >= 4 is 44.3 Å². The van der Waals surface area contributed by atoms with Crippen LogP contribution in [0.15, 0.2) is 48.5 Å². The van der Waals surface area contributed by atoms with Crippen molar-refractivity contribution in [2.45, 2.75) is 20.3 Å². The molecule has 5 rings (SSSR count). The van der Waals surface area contributed by atoms with Crippen molar-refractivity contribution in [1.82, 2.24) is 19.7 Å². The van der Waals surface area contributed by atoms with E-state index in [0.717, 1.165) is 52.9 Å². The first-order valence-corrected chi connectivity index (χ1v) is 11.9. The molecule has 6 nitrogen and oxygen atoms in total. The third-order valence-electron chi connectivity index (χ3n) is 5.75. The van der Waals surface area contributed by atoms with E-state index in [4.69, 9.17) is 21.7 Å². The lowest BCUT2D eigenvalue weighted by molar-refractivity contribution is 0.0767. The summed E-state index contributed by atoms with van der Waals surface area (Å²) in [6, 6.07) is 15.5. The topological polar surface area (TPSA) is 54.3 Å². The maximum Gasteiger partial charge on any atom is 0.253 e. The molecule has 0 aliphatic carbocycles. The standard InChI is InChI=1S/C24H24ClN5OS/c1-16-6-3-9-20(14-16)30-22-21(17(2)27-30)32-24(26-22)29-11-5-10-28(12-13-29)23(31)18-7-4-8-19(25)15-18/h3-4,6-9,14-15H,5,10-13H2,1-2H3. The predicted octanol–water partition coefficient (Wildman–Crippen LogP) is 5.10. The van der Waals surface area contributed by atoms with E-state index in [9.17, 15) is 4.79 Å². The quantitative estimate of drug-likeness (QED) is 0.422. The molecular weight excluding hydrogens is 442 g/mol. The Labute approximate surface area is 196 Å². The number of nitrogens with zero attached hydrogens (tertiary/aromatic N) is 5. The molecule has 0 radical (unpaired) electrons. The maximum atomic E-state index is 12.9. The predicted molar refractivity (Wildman–Crippen MR) is 130 cm³/mol. The van der Waals surface area contributed by atoms with Crippen LogP contribution in [0.25, 0.3) is 16.0 Å². The summed E-state index contributed by atoms with van der Waals surface area (Å²) >= 11 is 7.75. The van der Waals surface area contributed by atoms with Gasteiger partial charge in [-0.15, -0.1) is 0 Å². The van der Waals surface area contributed by atoms with E-state index in [-0.39, 0.29) is 5.91 Å². The molecule has 32 heavy (non-hydrogen) atoms. The Morgan fingerprint density at radius 3 is 2.69 bits per heavy atom. The summed E-state index contributed by atoms with van der Waals surface area (Å²) in [6.45, 7) is 7.11. The molecule has 1 amide bonds. The van der Waals surface area contributed by atoms with Crippen LogP contribution in [0.3, 0.4) is 0 Å². The lowest BCUT2D eigenvalue weighted by Gasteiger charge is -2.21. The Kier molecular flexibility index (Phi) is 5.61. The molecule has 4 aromatic rings. The maximum absolute atomic E-state index is 12.9. The van der Waals surface area contributed by atoms with Crippen LogP contribution in [-0.2, 0) is 0 Å². The molecule has 2 aromatic heterocycles. The van der Waals surface area contributed by atoms with Gasteiger partial charge < -0.3 is 9.80 Å². The molecule has 0 spiro atoms. The summed E-state index contributed by atoms with van der Waals surface area (Å²) in [5.74, 6) is 0.0320. The second kappa shape index (κ2) is 8.56. The van der Waals surface area contributed by atoms with E-state index in [0.29, 0.717) is 17.1 Å². The molecule has 1 saturated heterocycles. The van der Waals surface area contributed by atoms with Crippen LogP contribution in [0.1, 0.15) is 28.0 Å². The monoisotopic (exact) mass is 465 g/mol. The molecule has 1 aliphatic rings. The number of fused-ring (bicyclic) bond motifs is 1. The number of aryl methyl sites for hydroxylation is 2. The second-order valence-corrected chi connectivity index (χ2v) is 9.54. The molecular formula is C24H24ClN5OS. The van der Waals surface area contributed by atoms with E-state index >= 15 is 0 Å². The average molecular weight is 466 g/mol. The summed E-state index contributed by atoms with van der Waals surface area (Å²) in [5, 5.41) is 6.29. The van der Waals surface area contributed by atoms with Crippen molar-refractivity contribution in [3.63, 3.8) is 0 Å². The third kappa shape index (κ3) is 3.98. The SMILES string of the molecule is Cc1cccc(-n2nc(C)c3sc(N4CCCN(C(=O)c5cccc(Cl)c5)CC4)nc32)c1. The largest absolute Gasteiger partial charge is 0.346 e. The van der Waals surface area contributed by atoms with Gasteiger partial charge in [0.2, 0.25) is 0 Å². The molecule has 1 fully saturated rings. The van der Waals surface area contributed by atoms with E-state index in [1.807, 2.05) is 34.7 Å². The van der Waals surface area contributed by atoms with Gasteiger partial charge >= 0.3 is 0 Å². The number of carbonyl (C=O) groups is 1. The number of rotatable bonds is 3. The first kappa shape index (κ1) is 21.0. The Balaban J connectivity index is 1.38. The molecule has 2 aromatic carbocycles. The van der Waals surface area contributed by atoms with Gasteiger partial charge in [-0.2, -0.15) is 10.1 Å². The normalized spacial score (nSPS) is 14.7. The first-order chi connectivity index (χ1) is 15.5. The number of carbonyl (C=O) groups excluding carboxylic acids is 1. The Hall–Kier alpha value is -2.90. The molecule has 0 bridgehead atoms. The number of anilines is 1. The highest BCUT2D eigenvalue weighted by Gasteiger charge is 2.24. The highest BCUT2D eigenvalue weighted by Crippen LogP contribution is 2.33. The van der Waals surface area contributed by atoms with Gasteiger partial charge in [0.15, 0.2) is 10.8 Å². The van der Waals surface area contributed by atoms with Gasteiger partial charge in [0.25, 0.3) is 5.91 Å². The van der Waals surface area contributed by atoms with Crippen molar-refractivity contribution in [2.75, 3.05) is 31.1 Å². The second-order valence-electron chi connectivity index (χ2n) is 8.13. The fourth-order valence-corrected chi connectivity index (χ4v) is 5.34. The van der Waals surface area contributed by atoms with Gasteiger partial charge in [-0.25, -0.2) is 4.68 Å². The van der Waals surface area contributed by atoms with Crippen molar-refractivity contribution < 1.29 is 4.79 Å². The van der Waals surface area contributed by atoms with E-state index in [1.165, 1.54) is 5.56 Å².